The maximum atomic E-state index is 12.3. The number of carbonyl (C=O) groups excluding carboxylic acids is 1. The molecule has 1 unspecified atom stereocenters. The fourth-order valence-corrected chi connectivity index (χ4v) is 3.35. The highest BCUT2D eigenvalue weighted by molar-refractivity contribution is 7.12. The van der Waals surface area contributed by atoms with Crippen LogP contribution in [-0.4, -0.2) is 10.4 Å². The minimum absolute atomic E-state index is 0.0169. The summed E-state index contributed by atoms with van der Waals surface area (Å²) in [7, 11) is 0. The van der Waals surface area contributed by atoms with E-state index in [0.717, 1.165) is 18.7 Å². The highest BCUT2D eigenvalue weighted by Gasteiger charge is 2.27. The number of carbonyl (C=O) groups is 1. The topological polar surface area (TPSA) is 45.8 Å². The van der Waals surface area contributed by atoms with Crippen molar-refractivity contribution in [3.63, 3.8) is 0 Å². The highest BCUT2D eigenvalue weighted by atomic mass is 35.5. The zero-order valence-corrected chi connectivity index (χ0v) is 11.0. The second-order valence-corrected chi connectivity index (χ2v) is 5.57. The SMILES string of the molecule is N#CC1CCn2c(C(=O)c3cc(Cl)cs3)ccc21. The van der Waals surface area contributed by atoms with Crippen molar-refractivity contribution in [3.05, 3.63) is 44.9 Å². The van der Waals surface area contributed by atoms with E-state index in [2.05, 4.69) is 6.07 Å². The van der Waals surface area contributed by atoms with Gasteiger partial charge in [0.15, 0.2) is 0 Å². The molecule has 0 amide bonds. The van der Waals surface area contributed by atoms with Crippen LogP contribution in [0.25, 0.3) is 0 Å². The summed E-state index contributed by atoms with van der Waals surface area (Å²) in [5, 5.41) is 11.4. The Balaban J connectivity index is 2.00. The van der Waals surface area contributed by atoms with Gasteiger partial charge in [0.2, 0.25) is 5.78 Å². The van der Waals surface area contributed by atoms with Crippen LogP contribution >= 0.6 is 22.9 Å². The molecule has 0 N–H and O–H groups in total. The van der Waals surface area contributed by atoms with E-state index in [1.807, 2.05) is 10.6 Å². The van der Waals surface area contributed by atoms with Gasteiger partial charge in [-0.05, 0) is 24.6 Å². The molecule has 3 heterocycles. The Bertz CT molecular complexity index is 665. The van der Waals surface area contributed by atoms with Gasteiger partial charge in [-0.3, -0.25) is 4.79 Å². The number of nitriles is 1. The number of nitrogens with zero attached hydrogens (tertiary/aromatic N) is 2. The lowest BCUT2D eigenvalue weighted by Crippen LogP contribution is -2.07. The number of halogens is 1. The van der Waals surface area contributed by atoms with Crippen molar-refractivity contribution >= 4 is 28.7 Å². The van der Waals surface area contributed by atoms with Gasteiger partial charge >= 0.3 is 0 Å². The summed E-state index contributed by atoms with van der Waals surface area (Å²) in [6, 6.07) is 7.63. The third kappa shape index (κ3) is 1.67. The first-order valence-electron chi connectivity index (χ1n) is 5.58. The van der Waals surface area contributed by atoms with Crippen LogP contribution in [0.5, 0.6) is 0 Å². The lowest BCUT2D eigenvalue weighted by molar-refractivity contribution is 0.103. The average Bonchev–Trinajstić information content (AvgIpc) is 3.02. The Morgan fingerprint density at radius 3 is 3.06 bits per heavy atom. The predicted octanol–water partition coefficient (Wildman–Crippen LogP) is 3.44. The molecular weight excluding hydrogens is 268 g/mol. The molecule has 0 saturated heterocycles. The van der Waals surface area contributed by atoms with Gasteiger partial charge in [-0.15, -0.1) is 11.3 Å². The third-order valence-electron chi connectivity index (χ3n) is 3.19. The minimum atomic E-state index is -0.0847. The van der Waals surface area contributed by atoms with Crippen molar-refractivity contribution in [2.24, 2.45) is 0 Å². The van der Waals surface area contributed by atoms with Gasteiger partial charge in [0.1, 0.15) is 0 Å². The normalized spacial score (nSPS) is 17.4. The van der Waals surface area contributed by atoms with Crippen LogP contribution < -0.4 is 0 Å². The van der Waals surface area contributed by atoms with Crippen LogP contribution in [-0.2, 0) is 6.54 Å². The number of thiophene rings is 1. The number of hydrogen-bond donors (Lipinski definition) is 0. The molecule has 1 atom stereocenters. The summed E-state index contributed by atoms with van der Waals surface area (Å²) in [5.74, 6) is -0.102. The molecule has 2 aromatic heterocycles. The predicted molar refractivity (Wildman–Crippen MR) is 70.2 cm³/mol. The lowest BCUT2D eigenvalue weighted by atomic mass is 10.1. The molecule has 0 fully saturated rings. The number of rotatable bonds is 2. The number of fused-ring (bicyclic) bond motifs is 1. The number of hydrogen-bond acceptors (Lipinski definition) is 3. The zero-order chi connectivity index (χ0) is 12.7. The first kappa shape index (κ1) is 11.5. The van der Waals surface area contributed by atoms with Crippen LogP contribution in [0.3, 0.4) is 0 Å². The summed E-state index contributed by atoms with van der Waals surface area (Å²) in [6.07, 6.45) is 0.790. The van der Waals surface area contributed by atoms with Gasteiger partial charge in [-0.25, -0.2) is 0 Å². The molecule has 1 aliphatic rings. The van der Waals surface area contributed by atoms with Crippen molar-refractivity contribution in [2.45, 2.75) is 18.9 Å². The van der Waals surface area contributed by atoms with E-state index < -0.39 is 0 Å². The van der Waals surface area contributed by atoms with Crippen molar-refractivity contribution in [1.29, 1.82) is 5.26 Å². The molecule has 0 radical (unpaired) electrons. The summed E-state index contributed by atoms with van der Waals surface area (Å²) >= 11 is 7.19. The Morgan fingerprint density at radius 1 is 1.56 bits per heavy atom. The molecule has 1 aliphatic heterocycles. The van der Waals surface area contributed by atoms with Gasteiger partial charge in [-0.1, -0.05) is 11.6 Å². The van der Waals surface area contributed by atoms with Crippen molar-refractivity contribution < 1.29 is 4.79 Å². The van der Waals surface area contributed by atoms with Gasteiger partial charge in [0.25, 0.3) is 0 Å². The van der Waals surface area contributed by atoms with Crippen molar-refractivity contribution in [1.82, 2.24) is 4.57 Å². The van der Waals surface area contributed by atoms with E-state index in [1.54, 1.807) is 17.5 Å². The van der Waals surface area contributed by atoms with Gasteiger partial charge < -0.3 is 4.57 Å². The molecule has 2 aromatic rings. The molecular formula is C13H9ClN2OS. The second kappa shape index (κ2) is 4.27. The van der Waals surface area contributed by atoms with E-state index in [9.17, 15) is 4.79 Å². The maximum Gasteiger partial charge on any atom is 0.219 e. The van der Waals surface area contributed by atoms with Crippen LogP contribution in [0.15, 0.2) is 23.6 Å². The summed E-state index contributed by atoms with van der Waals surface area (Å²) in [6.45, 7) is 0.737. The van der Waals surface area contributed by atoms with Gasteiger partial charge in [-0.2, -0.15) is 5.26 Å². The smallest absolute Gasteiger partial charge is 0.219 e. The highest BCUT2D eigenvalue weighted by Crippen LogP contribution is 2.31. The second-order valence-electron chi connectivity index (χ2n) is 4.22. The van der Waals surface area contributed by atoms with Crippen LogP contribution in [0.2, 0.25) is 5.02 Å². The van der Waals surface area contributed by atoms with Crippen LogP contribution in [0.1, 0.15) is 33.4 Å². The molecule has 0 aromatic carbocycles. The first-order chi connectivity index (χ1) is 8.70. The average molecular weight is 277 g/mol. The largest absolute Gasteiger partial charge is 0.341 e. The first-order valence-corrected chi connectivity index (χ1v) is 6.84. The monoisotopic (exact) mass is 276 g/mol. The fourth-order valence-electron chi connectivity index (χ4n) is 2.33. The molecule has 3 rings (SSSR count). The Kier molecular flexibility index (Phi) is 2.73. The molecule has 0 saturated carbocycles. The number of aromatic nitrogens is 1. The molecule has 18 heavy (non-hydrogen) atoms. The number of ketones is 1. The Morgan fingerprint density at radius 2 is 2.39 bits per heavy atom. The van der Waals surface area contributed by atoms with Crippen LogP contribution in [0, 0.1) is 11.3 Å². The molecule has 5 heteroatoms. The van der Waals surface area contributed by atoms with Gasteiger partial charge in [0, 0.05) is 17.6 Å². The maximum absolute atomic E-state index is 12.3. The minimum Gasteiger partial charge on any atom is -0.341 e. The molecule has 0 spiro atoms. The van der Waals surface area contributed by atoms with Crippen molar-refractivity contribution in [2.75, 3.05) is 0 Å². The Hall–Kier alpha value is -1.57. The summed E-state index contributed by atoms with van der Waals surface area (Å²) in [5.41, 5.74) is 1.60. The van der Waals surface area contributed by atoms with E-state index in [0.29, 0.717) is 15.6 Å². The molecule has 90 valence electrons. The molecule has 0 bridgehead atoms. The van der Waals surface area contributed by atoms with E-state index in [4.69, 9.17) is 16.9 Å². The zero-order valence-electron chi connectivity index (χ0n) is 9.39. The standard InChI is InChI=1S/C13H9ClN2OS/c14-9-5-12(18-7-9)13(17)11-2-1-10-8(6-15)3-4-16(10)11/h1-2,5,7-8H,3-4H2. The summed E-state index contributed by atoms with van der Waals surface area (Å²) in [4.78, 5) is 13.0. The van der Waals surface area contributed by atoms with E-state index in [-0.39, 0.29) is 11.7 Å². The van der Waals surface area contributed by atoms with E-state index >= 15 is 0 Å². The van der Waals surface area contributed by atoms with Crippen molar-refractivity contribution in [3.8, 4) is 6.07 Å². The molecule has 3 nitrogen and oxygen atoms in total. The van der Waals surface area contributed by atoms with Crippen LogP contribution in [0.4, 0.5) is 0 Å². The fraction of sp³-hybridized carbons (Fsp3) is 0.231. The Labute approximate surface area is 113 Å². The lowest BCUT2D eigenvalue weighted by Gasteiger charge is -2.03. The quantitative estimate of drug-likeness (QED) is 0.789. The summed E-state index contributed by atoms with van der Waals surface area (Å²) < 4.78 is 1.95. The molecule has 0 aliphatic carbocycles. The van der Waals surface area contributed by atoms with Gasteiger partial charge in [0.05, 0.1) is 27.6 Å². The van der Waals surface area contributed by atoms with E-state index in [1.165, 1.54) is 11.3 Å². The third-order valence-corrected chi connectivity index (χ3v) is 4.47.